The molecule has 2 aliphatic heterocycles. The average molecular weight is 363 g/mol. The van der Waals surface area contributed by atoms with Gasteiger partial charge in [0.25, 0.3) is 6.47 Å². The van der Waals surface area contributed by atoms with E-state index >= 15 is 0 Å². The number of H-pyrrole nitrogens is 1. The van der Waals surface area contributed by atoms with Gasteiger partial charge in [0.1, 0.15) is 5.69 Å². The number of aliphatic hydroxyl groups excluding tert-OH is 1. The number of aromatic nitrogens is 4. The molecule has 4 heterocycles. The van der Waals surface area contributed by atoms with Crippen molar-refractivity contribution in [1.82, 2.24) is 24.6 Å². The number of aromatic amines is 1. The van der Waals surface area contributed by atoms with Gasteiger partial charge < -0.3 is 19.5 Å². The number of morpholine rings is 1. The Bertz CT molecular complexity index is 716. The third kappa shape index (κ3) is 3.95. The first kappa shape index (κ1) is 18.6. The molecular formula is C17H25N5O4. The fourth-order valence-electron chi connectivity index (χ4n) is 3.77. The molecule has 0 amide bonds. The minimum Gasteiger partial charge on any atom is -0.483 e. The Balaban J connectivity index is 0.000000613. The van der Waals surface area contributed by atoms with Crippen molar-refractivity contribution in [1.29, 1.82) is 0 Å². The zero-order valence-corrected chi connectivity index (χ0v) is 14.8. The van der Waals surface area contributed by atoms with Crippen LogP contribution in [0.4, 0.5) is 0 Å². The molecule has 0 saturated carbocycles. The smallest absolute Gasteiger partial charge is 0.290 e. The predicted molar refractivity (Wildman–Crippen MR) is 93.7 cm³/mol. The molecule has 9 nitrogen and oxygen atoms in total. The summed E-state index contributed by atoms with van der Waals surface area (Å²) in [7, 11) is 0. The van der Waals surface area contributed by atoms with Gasteiger partial charge in [0.2, 0.25) is 0 Å². The van der Waals surface area contributed by atoms with Gasteiger partial charge >= 0.3 is 0 Å². The molecule has 26 heavy (non-hydrogen) atoms. The number of nitrogens with one attached hydrogen (secondary N) is 1. The summed E-state index contributed by atoms with van der Waals surface area (Å²) in [5.41, 5.74) is 1.94. The first-order valence-corrected chi connectivity index (χ1v) is 8.75. The molecule has 4 rings (SSSR count). The van der Waals surface area contributed by atoms with E-state index in [0.717, 1.165) is 49.8 Å². The lowest BCUT2D eigenvalue weighted by Crippen LogP contribution is -2.46. The summed E-state index contributed by atoms with van der Waals surface area (Å²) in [5, 5.41) is 23.3. The first-order valence-electron chi connectivity index (χ1n) is 8.75. The van der Waals surface area contributed by atoms with Crippen LogP contribution < -0.4 is 0 Å². The van der Waals surface area contributed by atoms with Crippen LogP contribution in [0.1, 0.15) is 24.6 Å². The molecule has 2 aromatic rings. The Labute approximate surface area is 151 Å². The largest absolute Gasteiger partial charge is 0.483 e. The lowest BCUT2D eigenvalue weighted by Gasteiger charge is -2.34. The van der Waals surface area contributed by atoms with Gasteiger partial charge in [-0.25, -0.2) is 4.98 Å². The van der Waals surface area contributed by atoms with Gasteiger partial charge in [-0.3, -0.25) is 14.8 Å². The molecule has 2 fully saturated rings. The molecule has 2 aliphatic rings. The van der Waals surface area contributed by atoms with Crippen LogP contribution >= 0.6 is 0 Å². The number of rotatable bonds is 4. The molecule has 0 radical (unpaired) electrons. The maximum Gasteiger partial charge on any atom is 0.290 e. The van der Waals surface area contributed by atoms with Crippen molar-refractivity contribution in [3.63, 3.8) is 0 Å². The normalized spacial score (nSPS) is 25.4. The van der Waals surface area contributed by atoms with E-state index in [9.17, 15) is 0 Å². The Kier molecular flexibility index (Phi) is 6.02. The van der Waals surface area contributed by atoms with E-state index in [0.29, 0.717) is 12.1 Å². The van der Waals surface area contributed by atoms with Gasteiger partial charge in [0.05, 0.1) is 12.7 Å². The highest BCUT2D eigenvalue weighted by atomic mass is 16.5. The Morgan fingerprint density at radius 2 is 2.23 bits per heavy atom. The molecule has 0 unspecified atom stereocenters. The van der Waals surface area contributed by atoms with Crippen LogP contribution in [-0.4, -0.2) is 79.8 Å². The van der Waals surface area contributed by atoms with E-state index in [4.69, 9.17) is 19.7 Å². The quantitative estimate of drug-likeness (QED) is 0.684. The highest BCUT2D eigenvalue weighted by Gasteiger charge is 2.38. The number of hydrogen-bond acceptors (Lipinski definition) is 6. The number of fused-ring (bicyclic) bond motifs is 1. The number of imidazole rings is 1. The Hall–Kier alpha value is -2.23. The summed E-state index contributed by atoms with van der Waals surface area (Å²) in [6, 6.07) is 2.89. The van der Waals surface area contributed by atoms with Crippen LogP contribution in [0, 0.1) is 6.92 Å². The summed E-state index contributed by atoms with van der Waals surface area (Å²) in [4.78, 5) is 15.4. The molecule has 0 aliphatic carbocycles. The summed E-state index contributed by atoms with van der Waals surface area (Å²) in [6.45, 7) is 4.61. The standard InChI is InChI=1S/C16H23N5O2.CH2O2/c1-11-6-15(19-18-11)16-17-3-4-21(16)12-7-13-10-23-14(2-5-22)9-20(13)8-12;2-1-3/h3-4,6,12-14,22H,2,5,7-10H2,1H3,(H,18,19);1H,(H,2,3)/t12-,13-,14-;/m0./s1. The second-order valence-electron chi connectivity index (χ2n) is 6.66. The average Bonchev–Trinajstić information content (AvgIpc) is 3.33. The van der Waals surface area contributed by atoms with Crippen LogP contribution in [0.3, 0.4) is 0 Å². The molecule has 142 valence electrons. The summed E-state index contributed by atoms with van der Waals surface area (Å²) < 4.78 is 8.12. The van der Waals surface area contributed by atoms with Crippen LogP contribution in [0.5, 0.6) is 0 Å². The summed E-state index contributed by atoms with van der Waals surface area (Å²) in [6.07, 6.45) is 5.84. The third-order valence-electron chi connectivity index (χ3n) is 4.92. The maximum absolute atomic E-state index is 9.10. The van der Waals surface area contributed by atoms with Crippen molar-refractivity contribution in [3.8, 4) is 11.5 Å². The monoisotopic (exact) mass is 363 g/mol. The fraction of sp³-hybridized carbons (Fsp3) is 0.588. The second-order valence-corrected chi connectivity index (χ2v) is 6.66. The minimum absolute atomic E-state index is 0.159. The number of ether oxygens (including phenoxy) is 1. The summed E-state index contributed by atoms with van der Waals surface area (Å²) >= 11 is 0. The van der Waals surface area contributed by atoms with E-state index in [1.54, 1.807) is 0 Å². The number of carboxylic acid groups (broad SMARTS) is 1. The molecule has 9 heteroatoms. The van der Waals surface area contributed by atoms with Gasteiger partial charge in [0, 0.05) is 49.9 Å². The highest BCUT2D eigenvalue weighted by molar-refractivity contribution is 5.50. The van der Waals surface area contributed by atoms with E-state index in [1.165, 1.54) is 0 Å². The van der Waals surface area contributed by atoms with E-state index in [-0.39, 0.29) is 19.2 Å². The highest BCUT2D eigenvalue weighted by Crippen LogP contribution is 2.33. The van der Waals surface area contributed by atoms with Crippen molar-refractivity contribution >= 4 is 6.47 Å². The van der Waals surface area contributed by atoms with Crippen molar-refractivity contribution in [2.75, 3.05) is 26.3 Å². The number of aliphatic hydroxyl groups is 1. The predicted octanol–water partition coefficient (Wildman–Crippen LogP) is 0.679. The van der Waals surface area contributed by atoms with E-state index in [1.807, 2.05) is 19.2 Å². The second kappa shape index (κ2) is 8.43. The molecule has 0 bridgehead atoms. The van der Waals surface area contributed by atoms with Gasteiger partial charge in [-0.05, 0) is 25.8 Å². The molecule has 2 saturated heterocycles. The lowest BCUT2D eigenvalue weighted by molar-refractivity contribution is -0.122. The first-order chi connectivity index (χ1) is 12.7. The molecule has 2 aromatic heterocycles. The molecule has 0 spiro atoms. The van der Waals surface area contributed by atoms with Crippen molar-refractivity contribution in [2.24, 2.45) is 0 Å². The fourth-order valence-corrected chi connectivity index (χ4v) is 3.77. The van der Waals surface area contributed by atoms with Crippen LogP contribution in [-0.2, 0) is 9.53 Å². The number of hydrogen-bond donors (Lipinski definition) is 3. The van der Waals surface area contributed by atoms with E-state index < -0.39 is 0 Å². The van der Waals surface area contributed by atoms with Gasteiger partial charge in [-0.2, -0.15) is 5.10 Å². The van der Waals surface area contributed by atoms with Gasteiger partial charge in [0.15, 0.2) is 5.82 Å². The molecular weight excluding hydrogens is 338 g/mol. The minimum atomic E-state index is -0.250. The Morgan fingerprint density at radius 1 is 1.42 bits per heavy atom. The number of carbonyl (C=O) groups is 1. The van der Waals surface area contributed by atoms with Crippen LogP contribution in [0.15, 0.2) is 18.5 Å². The van der Waals surface area contributed by atoms with Crippen LogP contribution in [0.25, 0.3) is 11.5 Å². The maximum atomic E-state index is 9.10. The third-order valence-corrected chi connectivity index (χ3v) is 4.92. The zero-order chi connectivity index (χ0) is 18.5. The molecule has 0 aromatic carbocycles. The lowest BCUT2D eigenvalue weighted by atomic mass is 10.1. The van der Waals surface area contributed by atoms with Crippen molar-refractivity contribution in [3.05, 3.63) is 24.2 Å². The van der Waals surface area contributed by atoms with Gasteiger partial charge in [-0.15, -0.1) is 0 Å². The number of aryl methyl sites for hydroxylation is 1. The zero-order valence-electron chi connectivity index (χ0n) is 14.8. The van der Waals surface area contributed by atoms with Crippen molar-refractivity contribution in [2.45, 2.75) is 38.0 Å². The van der Waals surface area contributed by atoms with Gasteiger partial charge in [-0.1, -0.05) is 0 Å². The van der Waals surface area contributed by atoms with Crippen molar-refractivity contribution < 1.29 is 19.7 Å². The van der Waals surface area contributed by atoms with Crippen LogP contribution in [0.2, 0.25) is 0 Å². The summed E-state index contributed by atoms with van der Waals surface area (Å²) in [5.74, 6) is 0.923. The molecule has 3 N–H and O–H groups in total. The molecule has 3 atom stereocenters. The Morgan fingerprint density at radius 3 is 2.92 bits per heavy atom. The van der Waals surface area contributed by atoms with E-state index in [2.05, 4.69) is 30.8 Å². The SMILES string of the molecule is Cc1cc(-c2nccn2[C@H]2C[C@H]3CO[C@@H](CCO)CN3C2)n[nH]1.O=CO. The number of nitrogens with zero attached hydrogens (tertiary/aromatic N) is 4. The topological polar surface area (TPSA) is 117 Å².